The third-order valence-corrected chi connectivity index (χ3v) is 3.25. The van der Waals surface area contributed by atoms with E-state index in [0.29, 0.717) is 5.69 Å². The van der Waals surface area contributed by atoms with E-state index in [1.54, 1.807) is 6.07 Å². The Morgan fingerprint density at radius 2 is 1.82 bits per heavy atom. The Hall–Kier alpha value is -1.79. The van der Waals surface area contributed by atoms with Crippen molar-refractivity contribution in [1.82, 2.24) is 4.98 Å². The lowest BCUT2D eigenvalue weighted by Gasteiger charge is -2.11. The minimum Gasteiger partial charge on any atom is -0.275 e. The second-order valence-electron chi connectivity index (χ2n) is 4.39. The van der Waals surface area contributed by atoms with Crippen LogP contribution in [-0.2, 0) is 6.18 Å². The Kier molecular flexibility index (Phi) is 4.93. The van der Waals surface area contributed by atoms with Gasteiger partial charge in [-0.2, -0.15) is 18.3 Å². The summed E-state index contributed by atoms with van der Waals surface area (Å²) >= 11 is 11.6. The molecular weight excluding hydrogens is 338 g/mol. The molecule has 0 aliphatic rings. The fourth-order valence-corrected chi connectivity index (χ4v) is 2.21. The molecule has 0 bridgehead atoms. The summed E-state index contributed by atoms with van der Waals surface area (Å²) in [4.78, 5) is 4.19. The van der Waals surface area contributed by atoms with Crippen LogP contribution in [0.2, 0.25) is 10.0 Å². The van der Waals surface area contributed by atoms with Crippen LogP contribution in [0.5, 0.6) is 0 Å². The van der Waals surface area contributed by atoms with Crippen LogP contribution >= 0.6 is 23.2 Å². The van der Waals surface area contributed by atoms with E-state index >= 15 is 0 Å². The van der Waals surface area contributed by atoms with Gasteiger partial charge in [0.1, 0.15) is 0 Å². The van der Waals surface area contributed by atoms with Gasteiger partial charge in [-0.3, -0.25) is 10.4 Å². The Bertz CT molecular complexity index is 692. The fourth-order valence-electron chi connectivity index (χ4n) is 1.64. The first-order valence-electron chi connectivity index (χ1n) is 6.06. The zero-order valence-corrected chi connectivity index (χ0v) is 12.8. The monoisotopic (exact) mass is 347 g/mol. The van der Waals surface area contributed by atoms with Crippen molar-refractivity contribution in [3.63, 3.8) is 0 Å². The molecule has 0 aliphatic carbocycles. The zero-order valence-electron chi connectivity index (χ0n) is 11.2. The summed E-state index contributed by atoms with van der Waals surface area (Å²) in [6, 6.07) is 6.94. The number of anilines is 1. The summed E-state index contributed by atoms with van der Waals surface area (Å²) in [5.41, 5.74) is 3.11. The molecule has 0 spiro atoms. The number of benzene rings is 1. The number of aromatic nitrogens is 1. The van der Waals surface area contributed by atoms with Gasteiger partial charge in [-0.15, -0.1) is 0 Å². The molecule has 0 saturated heterocycles. The summed E-state index contributed by atoms with van der Waals surface area (Å²) in [7, 11) is 0. The summed E-state index contributed by atoms with van der Waals surface area (Å²) in [5.74, 6) is 0. The predicted octanol–water partition coefficient (Wildman–Crippen LogP) is 5.16. The van der Waals surface area contributed by atoms with Gasteiger partial charge in [0.25, 0.3) is 0 Å². The van der Waals surface area contributed by atoms with E-state index in [1.165, 1.54) is 6.21 Å². The Balaban J connectivity index is 2.20. The number of alkyl halides is 3. The van der Waals surface area contributed by atoms with Crippen LogP contribution in [0.15, 0.2) is 35.4 Å². The number of nitrogens with one attached hydrogen (secondary N) is 1. The molecule has 1 heterocycles. The van der Waals surface area contributed by atoms with E-state index in [0.717, 1.165) is 17.8 Å². The quantitative estimate of drug-likeness (QED) is 0.614. The van der Waals surface area contributed by atoms with Gasteiger partial charge in [0.05, 0.1) is 33.2 Å². The lowest BCUT2D eigenvalue weighted by atomic mass is 10.2. The number of aryl methyl sites for hydroxylation is 1. The summed E-state index contributed by atoms with van der Waals surface area (Å²) in [6.45, 7) is 1.83. The van der Waals surface area contributed by atoms with Gasteiger partial charge in [0.2, 0.25) is 0 Å². The minimum atomic E-state index is -4.51. The first-order chi connectivity index (χ1) is 10.3. The number of halogens is 5. The van der Waals surface area contributed by atoms with Crippen LogP contribution in [0.1, 0.15) is 17.0 Å². The highest BCUT2D eigenvalue weighted by molar-refractivity contribution is 6.39. The minimum absolute atomic E-state index is 0.0974. The van der Waals surface area contributed by atoms with Gasteiger partial charge in [0, 0.05) is 5.69 Å². The molecular formula is C14H10Cl2F3N3. The maximum atomic E-state index is 12.6. The molecule has 0 amide bonds. The lowest BCUT2D eigenvalue weighted by molar-refractivity contribution is -0.137. The Morgan fingerprint density at radius 3 is 2.36 bits per heavy atom. The first kappa shape index (κ1) is 16.6. The van der Waals surface area contributed by atoms with E-state index in [1.807, 2.05) is 19.1 Å². The number of hydrogen-bond donors (Lipinski definition) is 1. The average Bonchev–Trinajstić information content (AvgIpc) is 2.40. The SMILES string of the molecule is Cc1cccc(/C=N\Nc2c(Cl)cc(C(F)(F)F)cc2Cl)n1. The second-order valence-corrected chi connectivity index (χ2v) is 5.20. The lowest BCUT2D eigenvalue weighted by Crippen LogP contribution is -2.05. The van der Waals surface area contributed by atoms with Gasteiger partial charge >= 0.3 is 6.18 Å². The van der Waals surface area contributed by atoms with Gasteiger partial charge in [-0.25, -0.2) is 0 Å². The normalized spacial score (nSPS) is 11.9. The number of rotatable bonds is 3. The maximum Gasteiger partial charge on any atom is 0.416 e. The number of hydrogen-bond acceptors (Lipinski definition) is 3. The van der Waals surface area contributed by atoms with Crippen LogP contribution in [0.3, 0.4) is 0 Å². The number of nitrogens with zero attached hydrogens (tertiary/aromatic N) is 2. The Morgan fingerprint density at radius 1 is 1.18 bits per heavy atom. The molecule has 1 N–H and O–H groups in total. The summed E-state index contributed by atoms with van der Waals surface area (Å²) < 4.78 is 37.8. The Labute approximate surface area is 134 Å². The summed E-state index contributed by atoms with van der Waals surface area (Å²) in [6.07, 6.45) is -3.10. The molecule has 0 aliphatic heterocycles. The van der Waals surface area contributed by atoms with Crippen molar-refractivity contribution in [2.75, 3.05) is 5.43 Å². The molecule has 2 aromatic rings. The largest absolute Gasteiger partial charge is 0.416 e. The van der Waals surface area contributed by atoms with Crippen LogP contribution < -0.4 is 5.43 Å². The predicted molar refractivity (Wildman–Crippen MR) is 81.7 cm³/mol. The van der Waals surface area contributed by atoms with Crippen molar-refractivity contribution < 1.29 is 13.2 Å². The maximum absolute atomic E-state index is 12.6. The third kappa shape index (κ3) is 4.11. The smallest absolute Gasteiger partial charge is 0.275 e. The van der Waals surface area contributed by atoms with Crippen LogP contribution in [0.4, 0.5) is 18.9 Å². The van der Waals surface area contributed by atoms with E-state index in [-0.39, 0.29) is 15.7 Å². The fraction of sp³-hybridized carbons (Fsp3) is 0.143. The van der Waals surface area contributed by atoms with Gasteiger partial charge in [-0.05, 0) is 31.2 Å². The van der Waals surface area contributed by atoms with Gasteiger partial charge in [0.15, 0.2) is 0 Å². The molecule has 0 fully saturated rings. The van der Waals surface area contributed by atoms with E-state index in [4.69, 9.17) is 23.2 Å². The molecule has 1 aromatic heterocycles. The first-order valence-corrected chi connectivity index (χ1v) is 6.82. The highest BCUT2D eigenvalue weighted by Crippen LogP contribution is 2.38. The average molecular weight is 348 g/mol. The molecule has 22 heavy (non-hydrogen) atoms. The molecule has 3 nitrogen and oxygen atoms in total. The number of hydrazone groups is 1. The molecule has 1 aromatic carbocycles. The van der Waals surface area contributed by atoms with E-state index < -0.39 is 11.7 Å². The van der Waals surface area contributed by atoms with Crippen molar-refractivity contribution in [3.8, 4) is 0 Å². The zero-order chi connectivity index (χ0) is 16.3. The molecule has 8 heteroatoms. The van der Waals surface area contributed by atoms with Crippen LogP contribution in [0.25, 0.3) is 0 Å². The number of pyridine rings is 1. The third-order valence-electron chi connectivity index (χ3n) is 2.65. The van der Waals surface area contributed by atoms with E-state index in [2.05, 4.69) is 15.5 Å². The van der Waals surface area contributed by atoms with Crippen molar-refractivity contribution in [2.24, 2.45) is 5.10 Å². The van der Waals surface area contributed by atoms with Crippen molar-refractivity contribution in [2.45, 2.75) is 13.1 Å². The highest BCUT2D eigenvalue weighted by atomic mass is 35.5. The van der Waals surface area contributed by atoms with Crippen LogP contribution in [0, 0.1) is 6.92 Å². The second kappa shape index (κ2) is 6.54. The molecule has 2 rings (SSSR count). The topological polar surface area (TPSA) is 37.3 Å². The molecule has 116 valence electrons. The van der Waals surface area contributed by atoms with Crippen molar-refractivity contribution in [3.05, 3.63) is 57.3 Å². The van der Waals surface area contributed by atoms with Gasteiger partial charge < -0.3 is 0 Å². The van der Waals surface area contributed by atoms with Crippen molar-refractivity contribution >= 4 is 35.1 Å². The van der Waals surface area contributed by atoms with Crippen LogP contribution in [-0.4, -0.2) is 11.2 Å². The summed E-state index contributed by atoms with van der Waals surface area (Å²) in [5, 5.41) is 3.53. The standard InChI is InChI=1S/C14H10Cl2F3N3/c1-8-3-2-4-10(21-8)7-20-22-13-11(15)5-9(6-12(13)16)14(17,18)19/h2-7,22H,1H3/b20-7-. The highest BCUT2D eigenvalue weighted by Gasteiger charge is 2.32. The van der Waals surface area contributed by atoms with Gasteiger partial charge in [-0.1, -0.05) is 29.3 Å². The molecule has 0 unspecified atom stereocenters. The molecule has 0 atom stereocenters. The molecule has 0 radical (unpaired) electrons. The van der Waals surface area contributed by atoms with Crippen molar-refractivity contribution in [1.29, 1.82) is 0 Å². The van der Waals surface area contributed by atoms with E-state index in [9.17, 15) is 13.2 Å². The molecule has 0 saturated carbocycles.